The largest absolute Gasteiger partial charge is 0.325 e. The number of rotatable bonds is 8. The highest BCUT2D eigenvalue weighted by molar-refractivity contribution is 7.99. The Hall–Kier alpha value is -2.17. The van der Waals surface area contributed by atoms with Crippen molar-refractivity contribution in [3.63, 3.8) is 0 Å². The first-order valence-corrected chi connectivity index (χ1v) is 14.8. The first-order valence-electron chi connectivity index (χ1n) is 12.3. The molecule has 188 valence electrons. The Morgan fingerprint density at radius 3 is 2.29 bits per heavy atom. The Morgan fingerprint density at radius 2 is 1.74 bits per heavy atom. The van der Waals surface area contributed by atoms with E-state index in [0.29, 0.717) is 17.3 Å². The zero-order valence-electron chi connectivity index (χ0n) is 19.9. The quantitative estimate of drug-likeness (QED) is 0.363. The van der Waals surface area contributed by atoms with Crippen molar-refractivity contribution in [3.8, 4) is 0 Å². The molecule has 4 aliphatic carbocycles. The average molecular weight is 517 g/mol. The molecule has 4 fully saturated rings. The number of hydrogen-bond acceptors (Lipinski definition) is 6. The molecule has 0 aliphatic heterocycles. The standard InChI is InChI=1S/C25H32N4O4S2/c1-2-20-21(13-25-10-15-7-16(11-25)9-17(8-15)12-25)28-24(29-23(20)31)34-14-22(30)27-18-3-5-19(6-4-18)35(26,32)33/h3-6,15-17H,2,7-14H2,1H3,(H,27,30)(H2,26,32,33)(H,28,29,31). The zero-order valence-corrected chi connectivity index (χ0v) is 21.5. The van der Waals surface area contributed by atoms with Crippen molar-refractivity contribution in [2.45, 2.75) is 68.3 Å². The number of benzene rings is 1. The first-order chi connectivity index (χ1) is 16.6. The van der Waals surface area contributed by atoms with E-state index in [2.05, 4.69) is 10.3 Å². The lowest BCUT2D eigenvalue weighted by atomic mass is 9.48. The maximum absolute atomic E-state index is 12.9. The number of carbonyl (C=O) groups is 1. The second-order valence-electron chi connectivity index (χ2n) is 10.7. The van der Waals surface area contributed by atoms with Crippen LogP contribution in [0.2, 0.25) is 0 Å². The van der Waals surface area contributed by atoms with Gasteiger partial charge in [0.25, 0.3) is 5.56 Å². The predicted octanol–water partition coefficient (Wildman–Crippen LogP) is 3.47. The minimum atomic E-state index is -3.78. The molecule has 4 saturated carbocycles. The van der Waals surface area contributed by atoms with E-state index in [4.69, 9.17) is 10.1 Å². The van der Waals surface area contributed by atoms with E-state index in [1.165, 1.54) is 74.6 Å². The average Bonchev–Trinajstić information content (AvgIpc) is 2.76. The number of H-pyrrole nitrogens is 1. The number of amides is 1. The fourth-order valence-corrected chi connectivity index (χ4v) is 8.22. The third-order valence-corrected chi connectivity index (χ3v) is 9.75. The van der Waals surface area contributed by atoms with Crippen molar-refractivity contribution in [3.05, 3.63) is 45.9 Å². The van der Waals surface area contributed by atoms with Crippen LogP contribution in [0.4, 0.5) is 5.69 Å². The number of sulfonamides is 1. The van der Waals surface area contributed by atoms with Crippen molar-refractivity contribution >= 4 is 33.4 Å². The Balaban J connectivity index is 1.27. The smallest absolute Gasteiger partial charge is 0.254 e. The van der Waals surface area contributed by atoms with Gasteiger partial charge in [0.2, 0.25) is 15.9 Å². The van der Waals surface area contributed by atoms with E-state index in [9.17, 15) is 18.0 Å². The van der Waals surface area contributed by atoms with Crippen LogP contribution < -0.4 is 16.0 Å². The van der Waals surface area contributed by atoms with Gasteiger partial charge in [-0.1, -0.05) is 18.7 Å². The summed E-state index contributed by atoms with van der Waals surface area (Å²) in [6.45, 7) is 2.00. The molecule has 4 N–H and O–H groups in total. The maximum Gasteiger partial charge on any atom is 0.254 e. The number of nitrogens with two attached hydrogens (primary N) is 1. The Labute approximate surface area is 209 Å². The summed E-state index contributed by atoms with van der Waals surface area (Å²) in [5.41, 5.74) is 2.31. The summed E-state index contributed by atoms with van der Waals surface area (Å²) in [5, 5.41) is 8.30. The van der Waals surface area contributed by atoms with Gasteiger partial charge < -0.3 is 10.3 Å². The van der Waals surface area contributed by atoms with Crippen LogP contribution in [0.5, 0.6) is 0 Å². The highest BCUT2D eigenvalue weighted by Gasteiger charge is 2.51. The fourth-order valence-electron chi connectivity index (χ4n) is 7.02. The topological polar surface area (TPSA) is 135 Å². The molecule has 4 aliphatic rings. The molecule has 8 nitrogen and oxygen atoms in total. The maximum atomic E-state index is 12.9. The molecule has 1 aromatic carbocycles. The summed E-state index contributed by atoms with van der Waals surface area (Å²) in [6, 6.07) is 5.67. The van der Waals surface area contributed by atoms with Gasteiger partial charge in [-0.3, -0.25) is 9.59 Å². The molecule has 2 aromatic rings. The monoisotopic (exact) mass is 516 g/mol. The van der Waals surface area contributed by atoms with Gasteiger partial charge in [0.1, 0.15) is 0 Å². The molecule has 1 amide bonds. The molecule has 1 heterocycles. The lowest BCUT2D eigenvalue weighted by Crippen LogP contribution is -2.47. The Morgan fingerprint density at radius 1 is 1.14 bits per heavy atom. The van der Waals surface area contributed by atoms with Gasteiger partial charge in [-0.25, -0.2) is 18.5 Å². The highest BCUT2D eigenvalue weighted by Crippen LogP contribution is 2.61. The number of nitrogens with one attached hydrogen (secondary N) is 2. The third kappa shape index (κ3) is 5.34. The van der Waals surface area contributed by atoms with Gasteiger partial charge in [0, 0.05) is 11.3 Å². The van der Waals surface area contributed by atoms with E-state index < -0.39 is 10.0 Å². The van der Waals surface area contributed by atoms with Crippen LogP contribution in [0.25, 0.3) is 0 Å². The fraction of sp³-hybridized carbons (Fsp3) is 0.560. The molecule has 4 bridgehead atoms. The van der Waals surface area contributed by atoms with Crippen LogP contribution in [0.15, 0.2) is 39.1 Å². The van der Waals surface area contributed by atoms with E-state index in [1.54, 1.807) is 0 Å². The summed E-state index contributed by atoms with van der Waals surface area (Å²) in [6.07, 6.45) is 9.41. The van der Waals surface area contributed by atoms with Crippen molar-refractivity contribution in [1.82, 2.24) is 9.97 Å². The van der Waals surface area contributed by atoms with Crippen molar-refractivity contribution in [2.75, 3.05) is 11.1 Å². The highest BCUT2D eigenvalue weighted by atomic mass is 32.2. The summed E-state index contributed by atoms with van der Waals surface area (Å²) in [7, 11) is -3.78. The second kappa shape index (κ2) is 9.37. The minimum Gasteiger partial charge on any atom is -0.325 e. The van der Waals surface area contributed by atoms with Crippen LogP contribution >= 0.6 is 11.8 Å². The molecule has 0 spiro atoms. The number of anilines is 1. The number of primary sulfonamides is 1. The van der Waals surface area contributed by atoms with E-state index in [1.807, 2.05) is 6.92 Å². The molecule has 0 unspecified atom stereocenters. The lowest BCUT2D eigenvalue weighted by Gasteiger charge is -2.57. The minimum absolute atomic E-state index is 0.0192. The van der Waals surface area contributed by atoms with Gasteiger partial charge >= 0.3 is 0 Å². The van der Waals surface area contributed by atoms with E-state index >= 15 is 0 Å². The SMILES string of the molecule is CCc1c(CC23CC4CC(CC(C4)C2)C3)nc(SCC(=O)Nc2ccc(S(N)(=O)=O)cc2)[nH]c1=O. The molecule has 6 rings (SSSR count). The number of hydrogen-bond donors (Lipinski definition) is 3. The summed E-state index contributed by atoms with van der Waals surface area (Å²) < 4.78 is 22.8. The third-order valence-electron chi connectivity index (χ3n) is 7.95. The van der Waals surface area contributed by atoms with Crippen molar-refractivity contribution in [2.24, 2.45) is 28.3 Å². The number of aromatic amines is 1. The number of carbonyl (C=O) groups excluding carboxylic acids is 1. The zero-order chi connectivity index (χ0) is 24.8. The molecular formula is C25H32N4O4S2. The Kier molecular flexibility index (Phi) is 6.56. The summed E-state index contributed by atoms with van der Waals surface area (Å²) in [4.78, 5) is 33.0. The van der Waals surface area contributed by atoms with Gasteiger partial charge in [-0.2, -0.15) is 0 Å². The number of thioether (sulfide) groups is 1. The lowest BCUT2D eigenvalue weighted by molar-refractivity contribution is -0.113. The Bertz CT molecular complexity index is 1250. The second-order valence-corrected chi connectivity index (χ2v) is 13.2. The van der Waals surface area contributed by atoms with Crippen LogP contribution in [-0.4, -0.2) is 30.0 Å². The van der Waals surface area contributed by atoms with Gasteiger partial charge in [0.05, 0.1) is 16.3 Å². The van der Waals surface area contributed by atoms with Crippen molar-refractivity contribution in [1.29, 1.82) is 0 Å². The molecule has 1 aromatic heterocycles. The number of aromatic nitrogens is 2. The predicted molar refractivity (Wildman–Crippen MR) is 136 cm³/mol. The summed E-state index contributed by atoms with van der Waals surface area (Å²) in [5.74, 6) is 2.31. The van der Waals surface area contributed by atoms with Crippen LogP contribution in [0.1, 0.15) is 56.7 Å². The molecular weight excluding hydrogens is 484 g/mol. The molecule has 0 saturated heterocycles. The van der Waals surface area contributed by atoms with Gasteiger partial charge in [-0.05, 0) is 98.8 Å². The molecule has 0 atom stereocenters. The number of nitrogens with zero attached hydrogens (tertiary/aromatic N) is 1. The first kappa shape index (κ1) is 24.5. The van der Waals surface area contributed by atoms with Gasteiger partial charge in [0.15, 0.2) is 5.16 Å². The molecule has 35 heavy (non-hydrogen) atoms. The van der Waals surface area contributed by atoms with Crippen molar-refractivity contribution < 1.29 is 13.2 Å². The molecule has 0 radical (unpaired) electrons. The molecule has 10 heteroatoms. The normalized spacial score (nSPS) is 27.2. The van der Waals surface area contributed by atoms with Crippen LogP contribution in [0.3, 0.4) is 0 Å². The van der Waals surface area contributed by atoms with Crippen LogP contribution in [-0.2, 0) is 27.7 Å². The van der Waals surface area contributed by atoms with E-state index in [-0.39, 0.29) is 27.5 Å². The van der Waals surface area contributed by atoms with Gasteiger partial charge in [-0.15, -0.1) is 0 Å². The van der Waals surface area contributed by atoms with Crippen LogP contribution in [0, 0.1) is 23.2 Å². The van der Waals surface area contributed by atoms with E-state index in [0.717, 1.165) is 35.4 Å². The summed E-state index contributed by atoms with van der Waals surface area (Å²) >= 11 is 1.20.